The molecule has 0 radical (unpaired) electrons. The summed E-state index contributed by atoms with van der Waals surface area (Å²) in [7, 11) is 0. The lowest BCUT2D eigenvalue weighted by Crippen LogP contribution is -2.36. The van der Waals surface area contributed by atoms with Crippen LogP contribution in [0.4, 0.5) is 0 Å². The van der Waals surface area contributed by atoms with E-state index in [1.54, 1.807) is 0 Å². The highest BCUT2D eigenvalue weighted by molar-refractivity contribution is 4.79. The van der Waals surface area contributed by atoms with Crippen molar-refractivity contribution < 1.29 is 9.84 Å². The molecule has 0 bridgehead atoms. The van der Waals surface area contributed by atoms with Gasteiger partial charge in [-0.1, -0.05) is 6.92 Å². The molecule has 0 aromatic rings. The summed E-state index contributed by atoms with van der Waals surface area (Å²) in [6.45, 7) is 4.70. The van der Waals surface area contributed by atoms with Crippen LogP contribution in [0.15, 0.2) is 0 Å². The van der Waals surface area contributed by atoms with Gasteiger partial charge in [0.05, 0.1) is 13.2 Å². The summed E-state index contributed by atoms with van der Waals surface area (Å²) in [5.74, 6) is 0.306. The second kappa shape index (κ2) is 3.91. The van der Waals surface area contributed by atoms with Crippen LogP contribution in [0.1, 0.15) is 6.92 Å². The Balaban J connectivity index is 2.27. The van der Waals surface area contributed by atoms with Crippen LogP contribution in [0.5, 0.6) is 0 Å². The second-order valence-electron chi connectivity index (χ2n) is 2.64. The molecular weight excluding hydrogens is 130 g/mol. The van der Waals surface area contributed by atoms with Gasteiger partial charge in [-0.05, 0) is 6.54 Å². The number of aliphatic hydroxyl groups excluding tert-OH is 1. The molecule has 3 heteroatoms. The Bertz CT molecular complexity index is 97.6. The van der Waals surface area contributed by atoms with Gasteiger partial charge in [-0.25, -0.2) is 0 Å². The summed E-state index contributed by atoms with van der Waals surface area (Å²) in [5, 5.41) is 12.1. The van der Waals surface area contributed by atoms with Crippen LogP contribution >= 0.6 is 0 Å². The van der Waals surface area contributed by atoms with Gasteiger partial charge in [-0.15, -0.1) is 0 Å². The lowest BCUT2D eigenvalue weighted by atomic mass is 10.1. The van der Waals surface area contributed by atoms with E-state index in [-0.39, 0.29) is 6.61 Å². The molecule has 0 aromatic heterocycles. The van der Waals surface area contributed by atoms with Crippen LogP contribution in [-0.4, -0.2) is 37.5 Å². The van der Waals surface area contributed by atoms with E-state index >= 15 is 0 Å². The fraction of sp³-hybridized carbons (Fsp3) is 1.00. The molecule has 0 aliphatic carbocycles. The zero-order valence-corrected chi connectivity index (χ0v) is 6.34. The van der Waals surface area contributed by atoms with Crippen molar-refractivity contribution in [3.63, 3.8) is 0 Å². The van der Waals surface area contributed by atoms with Crippen molar-refractivity contribution in [2.45, 2.75) is 13.0 Å². The molecule has 1 aliphatic rings. The standard InChI is InChI=1S/C7H15NO2/c1-2-8-7-5-10-4-6(7)3-9/h6-9H,2-5H2,1H3. The van der Waals surface area contributed by atoms with Crippen molar-refractivity contribution in [1.82, 2.24) is 5.32 Å². The SMILES string of the molecule is CCNC1COCC1CO. The van der Waals surface area contributed by atoms with Crippen LogP contribution in [0.25, 0.3) is 0 Å². The number of hydrogen-bond donors (Lipinski definition) is 2. The van der Waals surface area contributed by atoms with Crippen molar-refractivity contribution in [2.24, 2.45) is 5.92 Å². The van der Waals surface area contributed by atoms with E-state index in [9.17, 15) is 0 Å². The van der Waals surface area contributed by atoms with E-state index in [0.29, 0.717) is 18.6 Å². The van der Waals surface area contributed by atoms with Gasteiger partial charge in [0.15, 0.2) is 0 Å². The molecule has 0 aromatic carbocycles. The average molecular weight is 145 g/mol. The molecule has 1 fully saturated rings. The van der Waals surface area contributed by atoms with Crippen molar-refractivity contribution >= 4 is 0 Å². The fourth-order valence-corrected chi connectivity index (χ4v) is 1.27. The van der Waals surface area contributed by atoms with Crippen LogP contribution in [0.2, 0.25) is 0 Å². The number of hydrogen-bond acceptors (Lipinski definition) is 3. The Morgan fingerprint density at radius 2 is 2.40 bits per heavy atom. The third-order valence-corrected chi connectivity index (χ3v) is 1.90. The summed E-state index contributed by atoms with van der Waals surface area (Å²) >= 11 is 0. The lowest BCUT2D eigenvalue weighted by Gasteiger charge is -2.14. The number of likely N-dealkylation sites (N-methyl/N-ethyl adjacent to an activating group) is 1. The number of nitrogens with one attached hydrogen (secondary N) is 1. The first-order valence-electron chi connectivity index (χ1n) is 3.80. The summed E-state index contributed by atoms with van der Waals surface area (Å²) in [4.78, 5) is 0. The van der Waals surface area contributed by atoms with E-state index in [2.05, 4.69) is 12.2 Å². The van der Waals surface area contributed by atoms with Crippen LogP contribution < -0.4 is 5.32 Å². The molecule has 1 heterocycles. The first-order valence-corrected chi connectivity index (χ1v) is 3.80. The summed E-state index contributed by atoms with van der Waals surface area (Å²) in [5.41, 5.74) is 0. The van der Waals surface area contributed by atoms with Gasteiger partial charge in [-0.2, -0.15) is 0 Å². The first-order chi connectivity index (χ1) is 4.88. The van der Waals surface area contributed by atoms with E-state index in [1.807, 2.05) is 0 Å². The van der Waals surface area contributed by atoms with E-state index in [0.717, 1.165) is 13.2 Å². The topological polar surface area (TPSA) is 41.5 Å². The molecular formula is C7H15NO2. The Kier molecular flexibility index (Phi) is 3.12. The average Bonchev–Trinajstić information content (AvgIpc) is 2.36. The number of aliphatic hydroxyl groups is 1. The maximum absolute atomic E-state index is 8.84. The predicted octanol–water partition coefficient (Wildman–Crippen LogP) is -0.397. The summed E-state index contributed by atoms with van der Waals surface area (Å²) in [6.07, 6.45) is 0. The number of ether oxygens (including phenoxy) is 1. The highest BCUT2D eigenvalue weighted by Gasteiger charge is 2.26. The molecule has 2 atom stereocenters. The van der Waals surface area contributed by atoms with E-state index in [4.69, 9.17) is 9.84 Å². The van der Waals surface area contributed by atoms with Gasteiger partial charge in [0, 0.05) is 18.6 Å². The minimum Gasteiger partial charge on any atom is -0.396 e. The Morgan fingerprint density at radius 1 is 1.60 bits per heavy atom. The minimum absolute atomic E-state index is 0.234. The molecule has 1 saturated heterocycles. The number of rotatable bonds is 3. The molecule has 2 unspecified atom stereocenters. The Morgan fingerprint density at radius 3 is 3.00 bits per heavy atom. The van der Waals surface area contributed by atoms with Crippen LogP contribution in [0, 0.1) is 5.92 Å². The van der Waals surface area contributed by atoms with Crippen LogP contribution in [0.3, 0.4) is 0 Å². The third kappa shape index (κ3) is 1.68. The van der Waals surface area contributed by atoms with Gasteiger partial charge in [0.1, 0.15) is 0 Å². The highest BCUT2D eigenvalue weighted by atomic mass is 16.5. The smallest absolute Gasteiger partial charge is 0.0624 e. The molecule has 10 heavy (non-hydrogen) atoms. The van der Waals surface area contributed by atoms with Gasteiger partial charge in [0.2, 0.25) is 0 Å². The molecule has 0 saturated carbocycles. The van der Waals surface area contributed by atoms with Crippen molar-refractivity contribution in [3.05, 3.63) is 0 Å². The maximum atomic E-state index is 8.84. The van der Waals surface area contributed by atoms with E-state index in [1.165, 1.54) is 0 Å². The van der Waals surface area contributed by atoms with E-state index < -0.39 is 0 Å². The largest absolute Gasteiger partial charge is 0.396 e. The molecule has 1 aliphatic heterocycles. The normalized spacial score (nSPS) is 33.0. The van der Waals surface area contributed by atoms with Crippen molar-refractivity contribution in [2.75, 3.05) is 26.4 Å². The zero-order chi connectivity index (χ0) is 7.40. The third-order valence-electron chi connectivity index (χ3n) is 1.90. The Hall–Kier alpha value is -0.120. The van der Waals surface area contributed by atoms with Crippen molar-refractivity contribution in [1.29, 1.82) is 0 Å². The molecule has 0 amide bonds. The lowest BCUT2D eigenvalue weighted by molar-refractivity contribution is 0.160. The van der Waals surface area contributed by atoms with Gasteiger partial charge in [0.25, 0.3) is 0 Å². The fourth-order valence-electron chi connectivity index (χ4n) is 1.27. The monoisotopic (exact) mass is 145 g/mol. The zero-order valence-electron chi connectivity index (χ0n) is 6.34. The summed E-state index contributed by atoms with van der Waals surface area (Å²) < 4.78 is 5.19. The second-order valence-corrected chi connectivity index (χ2v) is 2.64. The van der Waals surface area contributed by atoms with Gasteiger partial charge >= 0.3 is 0 Å². The molecule has 60 valence electrons. The predicted molar refractivity (Wildman–Crippen MR) is 38.9 cm³/mol. The Labute approximate surface area is 61.4 Å². The first kappa shape index (κ1) is 7.98. The molecule has 2 N–H and O–H groups in total. The highest BCUT2D eigenvalue weighted by Crippen LogP contribution is 2.11. The molecule has 1 rings (SSSR count). The summed E-state index contributed by atoms with van der Waals surface area (Å²) in [6, 6.07) is 0.370. The van der Waals surface area contributed by atoms with Crippen LogP contribution in [-0.2, 0) is 4.74 Å². The molecule has 0 spiro atoms. The minimum atomic E-state index is 0.234. The maximum Gasteiger partial charge on any atom is 0.0624 e. The van der Waals surface area contributed by atoms with Crippen molar-refractivity contribution in [3.8, 4) is 0 Å². The van der Waals surface area contributed by atoms with Gasteiger partial charge in [-0.3, -0.25) is 0 Å². The quantitative estimate of drug-likeness (QED) is 0.568. The molecule has 3 nitrogen and oxygen atoms in total. The van der Waals surface area contributed by atoms with Gasteiger partial charge < -0.3 is 15.2 Å².